The fourth-order valence-corrected chi connectivity index (χ4v) is 1.94. The summed E-state index contributed by atoms with van der Waals surface area (Å²) in [4.78, 5) is 0. The molecular weight excluding hydrogens is 286 g/mol. The van der Waals surface area contributed by atoms with Crippen molar-refractivity contribution < 1.29 is 0 Å². The van der Waals surface area contributed by atoms with Gasteiger partial charge in [-0.1, -0.05) is 34.0 Å². The van der Waals surface area contributed by atoms with Crippen LogP contribution in [0.2, 0.25) is 0 Å². The second-order valence-electron chi connectivity index (χ2n) is 5.61. The number of rotatable bonds is 3. The largest absolute Gasteiger partial charge is 0.312 e. The van der Waals surface area contributed by atoms with Crippen molar-refractivity contribution in [3.63, 3.8) is 0 Å². The van der Waals surface area contributed by atoms with Gasteiger partial charge < -0.3 is 5.32 Å². The molecule has 1 aromatic carbocycles. The topological polar surface area (TPSA) is 12.0 Å². The predicted molar refractivity (Wildman–Crippen MR) is 82.5 cm³/mol. The lowest BCUT2D eigenvalue weighted by Crippen LogP contribution is -2.16. The molecule has 0 saturated carbocycles. The summed E-state index contributed by atoms with van der Waals surface area (Å²) in [5, 5.41) is 3.33. The van der Waals surface area contributed by atoms with Gasteiger partial charge >= 0.3 is 0 Å². The molecule has 0 aromatic heterocycles. The van der Waals surface area contributed by atoms with Crippen molar-refractivity contribution in [3.05, 3.63) is 33.8 Å². The zero-order valence-electron chi connectivity index (χ0n) is 11.9. The van der Waals surface area contributed by atoms with E-state index in [1.165, 1.54) is 11.1 Å². The van der Waals surface area contributed by atoms with Crippen molar-refractivity contribution in [2.24, 2.45) is 5.41 Å². The molecule has 1 nitrogen and oxygen atoms in total. The van der Waals surface area contributed by atoms with Crippen LogP contribution in [0.3, 0.4) is 0 Å². The Kier molecular flexibility index (Phi) is 5.44. The molecule has 98 valence electrons. The van der Waals surface area contributed by atoms with Gasteiger partial charge in [0.15, 0.2) is 0 Å². The fraction of sp³-hybridized carbons (Fsp3) is 0.500. The van der Waals surface area contributed by atoms with Crippen LogP contribution < -0.4 is 5.32 Å². The average Bonchev–Trinajstić information content (AvgIpc) is 2.27. The second-order valence-corrected chi connectivity index (χ2v) is 6.46. The number of hydrogen-bond acceptors (Lipinski definition) is 1. The molecule has 1 aromatic rings. The molecule has 2 heteroatoms. The quantitative estimate of drug-likeness (QED) is 0.813. The summed E-state index contributed by atoms with van der Waals surface area (Å²) in [5.41, 5.74) is 2.63. The summed E-state index contributed by atoms with van der Waals surface area (Å²) in [6.07, 6.45) is 0.842. The molecule has 0 aliphatic carbocycles. The molecule has 1 rings (SSSR count). The summed E-state index contributed by atoms with van der Waals surface area (Å²) >= 11 is 3.53. The van der Waals surface area contributed by atoms with E-state index in [-0.39, 0.29) is 5.41 Å². The first-order chi connectivity index (χ1) is 8.33. The number of nitrogens with one attached hydrogen (secondary N) is 1. The monoisotopic (exact) mass is 307 g/mol. The molecule has 0 heterocycles. The van der Waals surface area contributed by atoms with Crippen LogP contribution in [0.1, 0.15) is 44.4 Å². The second kappa shape index (κ2) is 6.41. The first-order valence-corrected chi connectivity index (χ1v) is 7.06. The molecule has 1 unspecified atom stereocenters. The van der Waals surface area contributed by atoms with Gasteiger partial charge in [0.2, 0.25) is 0 Å². The standard InChI is InChI=1S/C16H22BrN/c1-12-11-13(8-9-14(12)17)15(18-5)7-6-10-16(2,3)4/h8-9,11,15,18H,7H2,1-5H3. The van der Waals surface area contributed by atoms with E-state index in [1.54, 1.807) is 0 Å². The lowest BCUT2D eigenvalue weighted by atomic mass is 9.96. The SMILES string of the molecule is CNC(CC#CC(C)(C)C)c1ccc(Br)c(C)c1. The highest BCUT2D eigenvalue weighted by molar-refractivity contribution is 9.10. The Hall–Kier alpha value is -0.780. The van der Waals surface area contributed by atoms with E-state index in [2.05, 4.69) is 79.0 Å². The lowest BCUT2D eigenvalue weighted by Gasteiger charge is -2.15. The number of aryl methyl sites for hydroxylation is 1. The van der Waals surface area contributed by atoms with Crippen molar-refractivity contribution >= 4 is 15.9 Å². The summed E-state index contributed by atoms with van der Waals surface area (Å²) in [6.45, 7) is 8.52. The maximum Gasteiger partial charge on any atom is 0.0428 e. The Bertz CT molecular complexity index is 460. The van der Waals surface area contributed by atoms with Gasteiger partial charge in [0.05, 0.1) is 0 Å². The normalized spacial score (nSPS) is 12.8. The minimum Gasteiger partial charge on any atom is -0.312 e. The molecular formula is C16H22BrN. The first kappa shape index (κ1) is 15.3. The van der Waals surface area contributed by atoms with Gasteiger partial charge in [-0.3, -0.25) is 0 Å². The highest BCUT2D eigenvalue weighted by atomic mass is 79.9. The van der Waals surface area contributed by atoms with Crippen LogP contribution in [0.25, 0.3) is 0 Å². The minimum absolute atomic E-state index is 0.0773. The Morgan fingerprint density at radius 2 is 2.00 bits per heavy atom. The lowest BCUT2D eigenvalue weighted by molar-refractivity contribution is 0.566. The van der Waals surface area contributed by atoms with Crippen molar-refractivity contribution in [2.75, 3.05) is 7.05 Å². The van der Waals surface area contributed by atoms with E-state index in [0.29, 0.717) is 6.04 Å². The third kappa shape index (κ3) is 4.84. The van der Waals surface area contributed by atoms with Crippen LogP contribution in [0.4, 0.5) is 0 Å². The van der Waals surface area contributed by atoms with Gasteiger partial charge in [-0.2, -0.15) is 0 Å². The predicted octanol–water partition coefficient (Wildman–Crippen LogP) is 4.46. The minimum atomic E-state index is 0.0773. The van der Waals surface area contributed by atoms with Crippen LogP contribution >= 0.6 is 15.9 Å². The van der Waals surface area contributed by atoms with Gasteiger partial charge in [0, 0.05) is 22.4 Å². The summed E-state index contributed by atoms with van der Waals surface area (Å²) < 4.78 is 1.15. The molecule has 0 amide bonds. The molecule has 0 saturated heterocycles. The molecule has 0 radical (unpaired) electrons. The van der Waals surface area contributed by atoms with E-state index in [4.69, 9.17) is 0 Å². The Morgan fingerprint density at radius 1 is 1.33 bits per heavy atom. The molecule has 0 bridgehead atoms. The van der Waals surface area contributed by atoms with Gasteiger partial charge in [-0.15, -0.1) is 5.92 Å². The Labute approximate surface area is 119 Å². The van der Waals surface area contributed by atoms with E-state index >= 15 is 0 Å². The maximum absolute atomic E-state index is 3.53. The van der Waals surface area contributed by atoms with E-state index < -0.39 is 0 Å². The summed E-state index contributed by atoms with van der Waals surface area (Å²) in [6, 6.07) is 6.76. The van der Waals surface area contributed by atoms with Crippen molar-refractivity contribution in [2.45, 2.75) is 40.2 Å². The van der Waals surface area contributed by atoms with Gasteiger partial charge in [-0.05, 0) is 51.9 Å². The van der Waals surface area contributed by atoms with E-state index in [1.807, 2.05) is 7.05 Å². The van der Waals surface area contributed by atoms with Crippen LogP contribution in [-0.4, -0.2) is 7.05 Å². The van der Waals surface area contributed by atoms with Crippen LogP contribution in [0.15, 0.2) is 22.7 Å². The molecule has 1 N–H and O–H groups in total. The third-order valence-electron chi connectivity index (χ3n) is 2.70. The first-order valence-electron chi connectivity index (χ1n) is 6.27. The molecule has 0 aliphatic heterocycles. The molecule has 0 fully saturated rings. The molecule has 18 heavy (non-hydrogen) atoms. The van der Waals surface area contributed by atoms with Gasteiger partial charge in [0.1, 0.15) is 0 Å². The van der Waals surface area contributed by atoms with E-state index in [9.17, 15) is 0 Å². The summed E-state index contributed by atoms with van der Waals surface area (Å²) in [7, 11) is 1.99. The number of benzene rings is 1. The zero-order valence-corrected chi connectivity index (χ0v) is 13.5. The van der Waals surface area contributed by atoms with Gasteiger partial charge in [-0.25, -0.2) is 0 Å². The third-order valence-corrected chi connectivity index (χ3v) is 3.59. The number of halogens is 1. The van der Waals surface area contributed by atoms with Gasteiger partial charge in [0.25, 0.3) is 0 Å². The van der Waals surface area contributed by atoms with Crippen LogP contribution in [-0.2, 0) is 0 Å². The maximum atomic E-state index is 3.53. The number of hydrogen-bond donors (Lipinski definition) is 1. The molecule has 0 spiro atoms. The average molecular weight is 308 g/mol. The smallest absolute Gasteiger partial charge is 0.0428 e. The van der Waals surface area contributed by atoms with Crippen LogP contribution in [0, 0.1) is 24.2 Å². The van der Waals surface area contributed by atoms with Crippen molar-refractivity contribution in [1.29, 1.82) is 0 Å². The highest BCUT2D eigenvalue weighted by Crippen LogP contribution is 2.23. The molecule has 1 atom stereocenters. The highest BCUT2D eigenvalue weighted by Gasteiger charge is 2.09. The Balaban J connectivity index is 2.82. The zero-order chi connectivity index (χ0) is 13.8. The van der Waals surface area contributed by atoms with Crippen molar-refractivity contribution in [3.8, 4) is 11.8 Å². The fourth-order valence-electron chi connectivity index (χ4n) is 1.69. The molecule has 0 aliphatic rings. The summed E-state index contributed by atoms with van der Waals surface area (Å²) in [5.74, 6) is 6.57. The van der Waals surface area contributed by atoms with Crippen molar-refractivity contribution in [1.82, 2.24) is 5.32 Å². The Morgan fingerprint density at radius 3 is 2.50 bits per heavy atom. The van der Waals surface area contributed by atoms with E-state index in [0.717, 1.165) is 10.9 Å². The van der Waals surface area contributed by atoms with Crippen LogP contribution in [0.5, 0.6) is 0 Å².